The Labute approximate surface area is 119 Å². The second kappa shape index (κ2) is 5.42. The van der Waals surface area contributed by atoms with Crippen molar-refractivity contribution >= 4 is 17.0 Å². The van der Waals surface area contributed by atoms with E-state index in [2.05, 4.69) is 34.0 Å². The number of anilines is 1. The van der Waals surface area contributed by atoms with E-state index in [9.17, 15) is 0 Å². The Balaban J connectivity index is 1.65. The third-order valence-corrected chi connectivity index (χ3v) is 3.94. The van der Waals surface area contributed by atoms with E-state index in [1.165, 1.54) is 0 Å². The fourth-order valence-corrected chi connectivity index (χ4v) is 2.62. The van der Waals surface area contributed by atoms with Crippen LogP contribution < -0.4 is 5.32 Å². The first-order valence-corrected chi connectivity index (χ1v) is 7.17. The van der Waals surface area contributed by atoms with Gasteiger partial charge in [0, 0.05) is 25.2 Å². The second-order valence-electron chi connectivity index (χ2n) is 5.87. The van der Waals surface area contributed by atoms with Crippen LogP contribution in [0.15, 0.2) is 24.3 Å². The molecular weight excluding hydrogens is 252 g/mol. The summed E-state index contributed by atoms with van der Waals surface area (Å²) in [6.07, 6.45) is 0. The smallest absolute Gasteiger partial charge is 0.201 e. The predicted molar refractivity (Wildman–Crippen MR) is 81.1 cm³/mol. The van der Waals surface area contributed by atoms with Crippen LogP contribution in [0, 0.1) is 0 Å². The molecule has 5 nitrogen and oxygen atoms in total. The maximum Gasteiger partial charge on any atom is 0.201 e. The Hall–Kier alpha value is -1.59. The van der Waals surface area contributed by atoms with Crippen molar-refractivity contribution in [2.24, 2.45) is 0 Å². The Morgan fingerprint density at radius 3 is 2.80 bits per heavy atom. The van der Waals surface area contributed by atoms with E-state index in [4.69, 9.17) is 4.74 Å². The Morgan fingerprint density at radius 2 is 2.05 bits per heavy atom. The van der Waals surface area contributed by atoms with Gasteiger partial charge in [-0.1, -0.05) is 12.1 Å². The number of hydrogen-bond acceptors (Lipinski definition) is 4. The maximum atomic E-state index is 5.42. The molecule has 0 spiro atoms. The van der Waals surface area contributed by atoms with Crippen LogP contribution in [0.25, 0.3) is 11.0 Å². The standard InChI is InChI=1S/C15H22N4O/c1-15(2,19-7-9-20-10-8-19)11-16-14-17-12-5-3-4-6-13(12)18-14/h3-6H,7-11H2,1-2H3,(H2,16,17,18). The first-order valence-electron chi connectivity index (χ1n) is 7.17. The number of nitrogens with zero attached hydrogens (tertiary/aromatic N) is 2. The van der Waals surface area contributed by atoms with Gasteiger partial charge >= 0.3 is 0 Å². The van der Waals surface area contributed by atoms with Gasteiger partial charge in [-0.2, -0.15) is 0 Å². The van der Waals surface area contributed by atoms with E-state index < -0.39 is 0 Å². The fraction of sp³-hybridized carbons (Fsp3) is 0.533. The number of rotatable bonds is 4. The lowest BCUT2D eigenvalue weighted by molar-refractivity contribution is -0.00572. The zero-order valence-corrected chi connectivity index (χ0v) is 12.1. The van der Waals surface area contributed by atoms with Crippen molar-refractivity contribution in [1.82, 2.24) is 14.9 Å². The number of nitrogens with one attached hydrogen (secondary N) is 2. The zero-order valence-electron chi connectivity index (χ0n) is 12.1. The average molecular weight is 274 g/mol. The van der Waals surface area contributed by atoms with Crippen LogP contribution in [-0.4, -0.2) is 53.3 Å². The van der Waals surface area contributed by atoms with Crippen molar-refractivity contribution in [3.63, 3.8) is 0 Å². The maximum absolute atomic E-state index is 5.42. The molecule has 20 heavy (non-hydrogen) atoms. The van der Waals surface area contributed by atoms with Crippen LogP contribution >= 0.6 is 0 Å². The molecule has 2 heterocycles. The summed E-state index contributed by atoms with van der Waals surface area (Å²) in [6, 6.07) is 8.08. The van der Waals surface area contributed by atoms with Gasteiger partial charge in [-0.25, -0.2) is 4.98 Å². The normalized spacial score (nSPS) is 17.5. The molecule has 0 amide bonds. The van der Waals surface area contributed by atoms with E-state index >= 15 is 0 Å². The molecule has 2 N–H and O–H groups in total. The molecule has 0 bridgehead atoms. The first-order chi connectivity index (χ1) is 9.65. The molecule has 0 atom stereocenters. The quantitative estimate of drug-likeness (QED) is 0.896. The van der Waals surface area contributed by atoms with E-state index in [1.54, 1.807) is 0 Å². The minimum atomic E-state index is 0.0861. The molecule has 1 fully saturated rings. The van der Waals surface area contributed by atoms with Gasteiger partial charge in [0.2, 0.25) is 5.95 Å². The number of morpholine rings is 1. The van der Waals surface area contributed by atoms with Gasteiger partial charge in [-0.15, -0.1) is 0 Å². The third kappa shape index (κ3) is 2.78. The summed E-state index contributed by atoms with van der Waals surface area (Å²) in [4.78, 5) is 10.3. The molecule has 108 valence electrons. The van der Waals surface area contributed by atoms with Gasteiger partial charge < -0.3 is 15.0 Å². The van der Waals surface area contributed by atoms with Gasteiger partial charge in [0.05, 0.1) is 24.2 Å². The third-order valence-electron chi connectivity index (χ3n) is 3.94. The van der Waals surface area contributed by atoms with Gasteiger partial charge in [0.1, 0.15) is 0 Å². The summed E-state index contributed by atoms with van der Waals surface area (Å²) >= 11 is 0. The van der Waals surface area contributed by atoms with Gasteiger partial charge in [0.25, 0.3) is 0 Å². The average Bonchev–Trinajstić information content (AvgIpc) is 2.89. The van der Waals surface area contributed by atoms with E-state index in [1.807, 2.05) is 24.3 Å². The number of H-pyrrole nitrogens is 1. The van der Waals surface area contributed by atoms with Crippen LogP contribution in [-0.2, 0) is 4.74 Å². The number of aromatic nitrogens is 2. The van der Waals surface area contributed by atoms with E-state index in [0.717, 1.165) is 49.8 Å². The van der Waals surface area contributed by atoms with Crippen molar-refractivity contribution in [3.05, 3.63) is 24.3 Å². The summed E-state index contributed by atoms with van der Waals surface area (Å²) < 4.78 is 5.42. The highest BCUT2D eigenvalue weighted by molar-refractivity contribution is 5.77. The Morgan fingerprint density at radius 1 is 1.30 bits per heavy atom. The van der Waals surface area contributed by atoms with Crippen LogP contribution in [0.1, 0.15) is 13.8 Å². The lowest BCUT2D eigenvalue weighted by Crippen LogP contribution is -2.53. The molecule has 1 saturated heterocycles. The molecule has 2 aromatic rings. The highest BCUT2D eigenvalue weighted by Crippen LogP contribution is 2.18. The molecule has 1 aromatic heterocycles. The predicted octanol–water partition coefficient (Wildman–Crippen LogP) is 2.09. The van der Waals surface area contributed by atoms with Crippen molar-refractivity contribution in [1.29, 1.82) is 0 Å². The minimum Gasteiger partial charge on any atom is -0.379 e. The number of aromatic amines is 1. The fourth-order valence-electron chi connectivity index (χ4n) is 2.62. The van der Waals surface area contributed by atoms with Crippen molar-refractivity contribution in [2.45, 2.75) is 19.4 Å². The molecule has 5 heteroatoms. The first kappa shape index (κ1) is 13.4. The molecule has 0 saturated carbocycles. The second-order valence-corrected chi connectivity index (χ2v) is 5.87. The SMILES string of the molecule is CC(C)(CNc1nc2ccccc2[nH]1)N1CCOCC1. The number of ether oxygens (including phenoxy) is 1. The molecule has 0 aliphatic carbocycles. The van der Waals surface area contributed by atoms with Crippen LogP contribution in [0.2, 0.25) is 0 Å². The van der Waals surface area contributed by atoms with Crippen molar-refractivity contribution < 1.29 is 4.74 Å². The van der Waals surface area contributed by atoms with Gasteiger partial charge in [-0.3, -0.25) is 4.90 Å². The minimum absolute atomic E-state index is 0.0861. The van der Waals surface area contributed by atoms with Gasteiger partial charge in [-0.05, 0) is 26.0 Å². The highest BCUT2D eigenvalue weighted by Gasteiger charge is 2.28. The van der Waals surface area contributed by atoms with Crippen LogP contribution in [0.3, 0.4) is 0 Å². The zero-order chi connectivity index (χ0) is 14.0. The number of imidazole rings is 1. The molecular formula is C15H22N4O. The van der Waals surface area contributed by atoms with Crippen molar-refractivity contribution in [2.75, 3.05) is 38.2 Å². The summed E-state index contributed by atoms with van der Waals surface area (Å²) in [5, 5.41) is 3.42. The summed E-state index contributed by atoms with van der Waals surface area (Å²) in [5.41, 5.74) is 2.15. The lowest BCUT2D eigenvalue weighted by atomic mass is 10.0. The molecule has 0 radical (unpaired) electrons. The molecule has 0 unspecified atom stereocenters. The summed E-state index contributed by atoms with van der Waals surface area (Å²) in [5.74, 6) is 0.840. The molecule has 1 aromatic carbocycles. The summed E-state index contributed by atoms with van der Waals surface area (Å²) in [7, 11) is 0. The van der Waals surface area contributed by atoms with Gasteiger partial charge in [0.15, 0.2) is 0 Å². The Bertz CT molecular complexity index is 539. The summed E-state index contributed by atoms with van der Waals surface area (Å²) in [6.45, 7) is 9.01. The molecule has 1 aliphatic heterocycles. The number of fused-ring (bicyclic) bond motifs is 1. The highest BCUT2D eigenvalue weighted by atomic mass is 16.5. The largest absolute Gasteiger partial charge is 0.379 e. The van der Waals surface area contributed by atoms with E-state index in [0.29, 0.717) is 0 Å². The van der Waals surface area contributed by atoms with Crippen LogP contribution in [0.4, 0.5) is 5.95 Å². The lowest BCUT2D eigenvalue weighted by Gasteiger charge is -2.40. The number of benzene rings is 1. The van der Waals surface area contributed by atoms with E-state index in [-0.39, 0.29) is 5.54 Å². The number of hydrogen-bond donors (Lipinski definition) is 2. The van der Waals surface area contributed by atoms with Crippen molar-refractivity contribution in [3.8, 4) is 0 Å². The Kier molecular flexibility index (Phi) is 3.63. The molecule has 3 rings (SSSR count). The monoisotopic (exact) mass is 274 g/mol. The topological polar surface area (TPSA) is 53.2 Å². The van der Waals surface area contributed by atoms with Crippen LogP contribution in [0.5, 0.6) is 0 Å². The number of para-hydroxylation sites is 2. The molecule has 1 aliphatic rings.